The third-order valence-electron chi connectivity index (χ3n) is 2.63. The van der Waals surface area contributed by atoms with Crippen LogP contribution in [0, 0.1) is 35.0 Å². The molecule has 0 bridgehead atoms. The first-order valence-corrected chi connectivity index (χ1v) is 6.51. The van der Waals surface area contributed by atoms with E-state index in [0.717, 1.165) is 17.9 Å². The van der Waals surface area contributed by atoms with Gasteiger partial charge in [-0.3, -0.25) is 0 Å². The van der Waals surface area contributed by atoms with Crippen molar-refractivity contribution in [2.75, 3.05) is 11.5 Å². The highest BCUT2D eigenvalue weighted by Gasteiger charge is 2.26. The van der Waals surface area contributed by atoms with Gasteiger partial charge in [-0.05, 0) is 23.8 Å². The number of hydrogen-bond donors (Lipinski definition) is 1. The zero-order chi connectivity index (χ0) is 11.8. The van der Waals surface area contributed by atoms with Crippen molar-refractivity contribution in [1.29, 1.82) is 5.26 Å². The normalized spacial score (nSPS) is 22.6. The minimum atomic E-state index is -0.782. The number of hydrogen-bond acceptors (Lipinski definition) is 4. The van der Waals surface area contributed by atoms with Crippen LogP contribution in [0.15, 0.2) is 0 Å². The molecule has 0 aliphatic carbocycles. The van der Waals surface area contributed by atoms with Crippen molar-refractivity contribution in [3.63, 3.8) is 0 Å². The van der Waals surface area contributed by atoms with E-state index in [4.69, 9.17) is 5.26 Å². The molecular formula is C12H15NO2S. The summed E-state index contributed by atoms with van der Waals surface area (Å²) in [5.74, 6) is 7.55. The van der Waals surface area contributed by atoms with Gasteiger partial charge in [0.1, 0.15) is 12.4 Å². The van der Waals surface area contributed by atoms with E-state index in [1.165, 1.54) is 0 Å². The van der Waals surface area contributed by atoms with Gasteiger partial charge in [0.05, 0.1) is 18.4 Å². The molecule has 0 aromatic carbocycles. The van der Waals surface area contributed by atoms with Gasteiger partial charge in [-0.2, -0.15) is 17.0 Å². The van der Waals surface area contributed by atoms with E-state index in [0.29, 0.717) is 18.6 Å². The maximum absolute atomic E-state index is 10.0. The second kappa shape index (κ2) is 7.33. The molecule has 1 fully saturated rings. The van der Waals surface area contributed by atoms with Crippen molar-refractivity contribution in [1.82, 2.24) is 0 Å². The molecule has 3 nitrogen and oxygen atoms in total. The van der Waals surface area contributed by atoms with Gasteiger partial charge in [-0.15, -0.1) is 0 Å². The topological polar surface area (TPSA) is 61.1 Å². The van der Waals surface area contributed by atoms with Crippen LogP contribution in [-0.4, -0.2) is 29.0 Å². The Balaban J connectivity index is 2.41. The predicted molar refractivity (Wildman–Crippen MR) is 63.6 cm³/mol. The largest absolute Gasteiger partial charge is 0.380 e. The van der Waals surface area contributed by atoms with Crippen molar-refractivity contribution in [3.8, 4) is 17.9 Å². The Morgan fingerprint density at radius 3 is 3.00 bits per heavy atom. The smallest absolute Gasteiger partial charge is 0.131 e. The van der Waals surface area contributed by atoms with Crippen LogP contribution >= 0.6 is 11.8 Å². The Hall–Kier alpha value is -0.970. The van der Waals surface area contributed by atoms with Gasteiger partial charge in [0.25, 0.3) is 0 Å². The third kappa shape index (κ3) is 4.26. The fourth-order valence-electron chi connectivity index (χ4n) is 1.74. The van der Waals surface area contributed by atoms with E-state index in [1.54, 1.807) is 0 Å². The molecule has 1 heterocycles. The van der Waals surface area contributed by atoms with Crippen LogP contribution < -0.4 is 0 Å². The summed E-state index contributed by atoms with van der Waals surface area (Å²) in [6.07, 6.45) is 1.52. The summed E-state index contributed by atoms with van der Waals surface area (Å²) in [6.45, 7) is 0. The molecule has 0 aromatic heterocycles. The molecule has 0 saturated carbocycles. The van der Waals surface area contributed by atoms with Crippen LogP contribution in [0.5, 0.6) is 0 Å². The molecule has 16 heavy (non-hydrogen) atoms. The van der Waals surface area contributed by atoms with E-state index in [2.05, 4.69) is 17.9 Å². The number of nitrogens with zero attached hydrogens (tertiary/aromatic N) is 1. The number of aldehydes is 1. The van der Waals surface area contributed by atoms with Crippen LogP contribution in [0.3, 0.4) is 0 Å². The highest BCUT2D eigenvalue weighted by Crippen LogP contribution is 2.31. The first kappa shape index (κ1) is 13.1. The van der Waals surface area contributed by atoms with Gasteiger partial charge in [-0.25, -0.2) is 0 Å². The summed E-state index contributed by atoms with van der Waals surface area (Å²) < 4.78 is 0. The van der Waals surface area contributed by atoms with Crippen LogP contribution in [0.1, 0.15) is 19.3 Å². The zero-order valence-electron chi connectivity index (χ0n) is 9.06. The Morgan fingerprint density at radius 1 is 1.62 bits per heavy atom. The first-order valence-electron chi connectivity index (χ1n) is 5.35. The van der Waals surface area contributed by atoms with E-state index in [-0.39, 0.29) is 12.3 Å². The summed E-state index contributed by atoms with van der Waals surface area (Å²) in [5.41, 5.74) is 0. The van der Waals surface area contributed by atoms with Gasteiger partial charge < -0.3 is 9.90 Å². The standard InChI is InChI=1S/C12H15NO2S/c13-8-11(10-4-6-16-9-10)7-12(15)3-1-2-5-14/h5,10-12,15H,2,4,6-7,9H2/t10-,11?,12?/m1/s1. The van der Waals surface area contributed by atoms with E-state index in [9.17, 15) is 9.90 Å². The van der Waals surface area contributed by atoms with Crippen LogP contribution in [-0.2, 0) is 4.79 Å². The lowest BCUT2D eigenvalue weighted by atomic mass is 9.88. The molecule has 3 atom stereocenters. The Bertz CT molecular complexity index is 320. The van der Waals surface area contributed by atoms with Gasteiger partial charge in [0.15, 0.2) is 0 Å². The molecule has 0 amide bonds. The molecule has 1 rings (SSSR count). The van der Waals surface area contributed by atoms with Crippen molar-refractivity contribution in [2.24, 2.45) is 11.8 Å². The molecule has 1 saturated heterocycles. The van der Waals surface area contributed by atoms with Crippen molar-refractivity contribution >= 4 is 18.0 Å². The van der Waals surface area contributed by atoms with Crippen molar-refractivity contribution < 1.29 is 9.90 Å². The lowest BCUT2D eigenvalue weighted by Crippen LogP contribution is -2.18. The predicted octanol–water partition coefficient (Wildman–Crippen LogP) is 1.22. The first-order chi connectivity index (χ1) is 7.77. The van der Waals surface area contributed by atoms with Gasteiger partial charge in [0, 0.05) is 6.42 Å². The number of aliphatic hydroxyl groups excluding tert-OH is 1. The minimum Gasteiger partial charge on any atom is -0.380 e. The Labute approximate surface area is 100 Å². The Kier molecular flexibility index (Phi) is 6.00. The second-order valence-electron chi connectivity index (χ2n) is 3.80. The summed E-state index contributed by atoms with van der Waals surface area (Å²) >= 11 is 1.86. The van der Waals surface area contributed by atoms with Crippen LogP contribution in [0.2, 0.25) is 0 Å². The quantitative estimate of drug-likeness (QED) is 0.590. The number of carbonyl (C=O) groups is 1. The molecular weight excluding hydrogens is 222 g/mol. The summed E-state index contributed by atoms with van der Waals surface area (Å²) in [4.78, 5) is 10.0. The van der Waals surface area contributed by atoms with Crippen LogP contribution in [0.4, 0.5) is 0 Å². The molecule has 0 aromatic rings. The fourth-order valence-corrected chi connectivity index (χ4v) is 3.08. The van der Waals surface area contributed by atoms with Crippen LogP contribution in [0.25, 0.3) is 0 Å². The average molecular weight is 237 g/mol. The number of rotatable bonds is 4. The van der Waals surface area contributed by atoms with E-state index in [1.807, 2.05) is 11.8 Å². The molecule has 1 aliphatic rings. The molecule has 0 spiro atoms. The highest BCUT2D eigenvalue weighted by atomic mass is 32.2. The van der Waals surface area contributed by atoms with Crippen molar-refractivity contribution in [2.45, 2.75) is 25.4 Å². The van der Waals surface area contributed by atoms with Gasteiger partial charge in [0.2, 0.25) is 0 Å². The maximum Gasteiger partial charge on any atom is 0.131 e. The molecule has 2 unspecified atom stereocenters. The number of carbonyl (C=O) groups excluding carboxylic acids is 1. The minimum absolute atomic E-state index is 0.115. The number of aliphatic hydroxyl groups is 1. The molecule has 1 aliphatic heterocycles. The summed E-state index contributed by atoms with van der Waals surface area (Å²) in [5, 5.41) is 18.6. The lowest BCUT2D eigenvalue weighted by molar-refractivity contribution is -0.107. The zero-order valence-corrected chi connectivity index (χ0v) is 9.87. The summed E-state index contributed by atoms with van der Waals surface area (Å²) in [6, 6.07) is 2.25. The van der Waals surface area contributed by atoms with E-state index >= 15 is 0 Å². The van der Waals surface area contributed by atoms with Gasteiger partial charge in [-0.1, -0.05) is 11.8 Å². The van der Waals surface area contributed by atoms with E-state index < -0.39 is 6.10 Å². The number of nitriles is 1. The maximum atomic E-state index is 10.0. The van der Waals surface area contributed by atoms with Gasteiger partial charge >= 0.3 is 0 Å². The molecule has 0 radical (unpaired) electrons. The molecule has 4 heteroatoms. The summed E-state index contributed by atoms with van der Waals surface area (Å²) in [7, 11) is 0. The number of thioether (sulfide) groups is 1. The highest BCUT2D eigenvalue weighted by molar-refractivity contribution is 7.99. The van der Waals surface area contributed by atoms with Crippen molar-refractivity contribution in [3.05, 3.63) is 0 Å². The SMILES string of the molecule is N#CC(CC(O)C#CCC=O)[C@@H]1CCSC1. The monoisotopic (exact) mass is 237 g/mol. The third-order valence-corrected chi connectivity index (χ3v) is 3.82. The second-order valence-corrected chi connectivity index (χ2v) is 4.95. The Morgan fingerprint density at radius 2 is 2.44 bits per heavy atom. The molecule has 1 N–H and O–H groups in total. The average Bonchev–Trinajstić information content (AvgIpc) is 2.79. The molecule has 86 valence electrons. The fraction of sp³-hybridized carbons (Fsp3) is 0.667. The lowest BCUT2D eigenvalue weighted by Gasteiger charge is -2.16.